The zero-order chi connectivity index (χ0) is 28.9. The standard InChI is InChI=1S/C32H33N5O4/c1-31(2)23-18-20(6-4-9-27(38)34-16-17-37-28(39)14-15-29(37)40)10-12-25(23)36(3)32(31)19-35-30-22-7-5-8-24(33)21(22)11-13-26(30)41-32/h5,7-8,10-15,18-19H,4,6,9,16-17,33H2,1-3H3,(H,34,38). The van der Waals surface area contributed by atoms with E-state index in [1.54, 1.807) is 0 Å². The summed E-state index contributed by atoms with van der Waals surface area (Å²) >= 11 is 0. The van der Waals surface area contributed by atoms with Crippen LogP contribution in [0.2, 0.25) is 0 Å². The van der Waals surface area contributed by atoms with Crippen LogP contribution >= 0.6 is 0 Å². The molecule has 3 aliphatic heterocycles. The van der Waals surface area contributed by atoms with Crippen LogP contribution in [0.5, 0.6) is 5.75 Å². The molecule has 0 fully saturated rings. The summed E-state index contributed by atoms with van der Waals surface area (Å²) in [4.78, 5) is 43.8. The Labute approximate surface area is 238 Å². The minimum absolute atomic E-state index is 0.100. The van der Waals surface area contributed by atoms with Gasteiger partial charge in [0.1, 0.15) is 11.4 Å². The first-order valence-corrected chi connectivity index (χ1v) is 13.9. The topological polar surface area (TPSA) is 117 Å². The van der Waals surface area contributed by atoms with Crippen LogP contribution in [0, 0.1) is 0 Å². The highest BCUT2D eigenvalue weighted by Gasteiger charge is 2.58. The number of nitrogens with one attached hydrogen (secondary N) is 1. The van der Waals surface area contributed by atoms with E-state index in [0.29, 0.717) is 18.5 Å². The molecule has 3 aromatic carbocycles. The number of nitrogen functional groups attached to an aromatic ring is 1. The largest absolute Gasteiger partial charge is 0.459 e. The van der Waals surface area contributed by atoms with E-state index < -0.39 is 11.1 Å². The maximum atomic E-state index is 12.3. The molecular formula is C32H33N5O4. The second-order valence-corrected chi connectivity index (χ2v) is 11.3. The molecule has 210 valence electrons. The number of aryl methyl sites for hydroxylation is 1. The molecule has 3 N–H and O–H groups in total. The molecule has 1 atom stereocenters. The summed E-state index contributed by atoms with van der Waals surface area (Å²) in [5.41, 5.74) is 9.86. The Balaban J connectivity index is 1.13. The van der Waals surface area contributed by atoms with E-state index in [-0.39, 0.29) is 30.8 Å². The lowest BCUT2D eigenvalue weighted by atomic mass is 9.77. The van der Waals surface area contributed by atoms with Crippen LogP contribution in [0.1, 0.15) is 37.8 Å². The summed E-state index contributed by atoms with van der Waals surface area (Å²) in [6.07, 6.45) is 6.18. The molecule has 0 aromatic heterocycles. The van der Waals surface area contributed by atoms with Crippen molar-refractivity contribution < 1.29 is 19.1 Å². The molecule has 1 spiro atoms. The van der Waals surface area contributed by atoms with Crippen molar-refractivity contribution in [1.82, 2.24) is 10.2 Å². The van der Waals surface area contributed by atoms with Gasteiger partial charge < -0.3 is 20.7 Å². The number of carbonyl (C=O) groups is 3. The number of fused-ring (bicyclic) bond motifs is 4. The Morgan fingerprint density at radius 2 is 1.83 bits per heavy atom. The molecule has 3 aliphatic rings. The SMILES string of the molecule is CN1c2ccc(CCCC(=O)NCCN3C(=O)C=CC3=O)cc2C(C)(C)C12C=Nc1c(ccc3c(N)cccc13)O2. The van der Waals surface area contributed by atoms with Crippen LogP contribution in [-0.4, -0.2) is 54.7 Å². The fourth-order valence-corrected chi connectivity index (χ4v) is 6.17. The molecule has 1 unspecified atom stereocenters. The third-order valence-corrected chi connectivity index (χ3v) is 8.58. The number of ether oxygens (including phenoxy) is 1. The molecular weight excluding hydrogens is 518 g/mol. The average Bonchev–Trinajstić information content (AvgIpc) is 3.35. The maximum Gasteiger partial charge on any atom is 0.253 e. The summed E-state index contributed by atoms with van der Waals surface area (Å²) in [6.45, 7) is 4.76. The van der Waals surface area contributed by atoms with Gasteiger partial charge in [0.05, 0.1) is 11.6 Å². The average molecular weight is 552 g/mol. The van der Waals surface area contributed by atoms with Gasteiger partial charge >= 0.3 is 0 Å². The van der Waals surface area contributed by atoms with Crippen molar-refractivity contribution in [1.29, 1.82) is 0 Å². The van der Waals surface area contributed by atoms with Crippen LogP contribution in [0.4, 0.5) is 17.1 Å². The van der Waals surface area contributed by atoms with Crippen LogP contribution in [-0.2, 0) is 26.2 Å². The second-order valence-electron chi connectivity index (χ2n) is 11.3. The summed E-state index contributed by atoms with van der Waals surface area (Å²) in [7, 11) is 2.03. The highest BCUT2D eigenvalue weighted by Crippen LogP contribution is 2.54. The Kier molecular flexibility index (Phi) is 6.32. The first-order valence-electron chi connectivity index (χ1n) is 13.9. The normalized spacial score (nSPS) is 20.1. The summed E-state index contributed by atoms with van der Waals surface area (Å²) in [6, 6.07) is 16.2. The molecule has 0 aliphatic carbocycles. The van der Waals surface area contributed by atoms with Crippen molar-refractivity contribution in [2.75, 3.05) is 30.8 Å². The van der Waals surface area contributed by atoms with E-state index in [0.717, 1.165) is 50.3 Å². The first-order chi connectivity index (χ1) is 19.6. The number of amides is 3. The predicted octanol–water partition coefficient (Wildman–Crippen LogP) is 4.00. The van der Waals surface area contributed by atoms with E-state index >= 15 is 0 Å². The predicted molar refractivity (Wildman–Crippen MR) is 160 cm³/mol. The molecule has 0 radical (unpaired) electrons. The number of nitrogens with zero attached hydrogens (tertiary/aromatic N) is 3. The monoisotopic (exact) mass is 551 g/mol. The van der Waals surface area contributed by atoms with E-state index in [4.69, 9.17) is 15.5 Å². The van der Waals surface area contributed by atoms with E-state index in [1.165, 1.54) is 12.2 Å². The summed E-state index contributed by atoms with van der Waals surface area (Å²) < 4.78 is 6.81. The van der Waals surface area contributed by atoms with E-state index in [9.17, 15) is 14.4 Å². The smallest absolute Gasteiger partial charge is 0.253 e. The fourth-order valence-electron chi connectivity index (χ4n) is 6.17. The lowest BCUT2D eigenvalue weighted by Crippen LogP contribution is -2.61. The number of imide groups is 1. The fraction of sp³-hybridized carbons (Fsp3) is 0.312. The van der Waals surface area contributed by atoms with Crippen LogP contribution in [0.3, 0.4) is 0 Å². The van der Waals surface area contributed by atoms with Crippen LogP contribution in [0.25, 0.3) is 10.8 Å². The number of aliphatic imine (C=N–C) groups is 1. The lowest BCUT2D eigenvalue weighted by molar-refractivity contribution is -0.137. The van der Waals surface area contributed by atoms with Crippen molar-refractivity contribution in [2.24, 2.45) is 4.99 Å². The Morgan fingerprint density at radius 1 is 1.05 bits per heavy atom. The van der Waals surface area contributed by atoms with Gasteiger partial charge in [0, 0.05) is 60.9 Å². The van der Waals surface area contributed by atoms with Gasteiger partial charge in [-0.05, 0) is 62.1 Å². The second kappa shape index (κ2) is 9.76. The summed E-state index contributed by atoms with van der Waals surface area (Å²) in [5.74, 6) is -0.0655. The van der Waals surface area contributed by atoms with Gasteiger partial charge in [-0.1, -0.05) is 24.3 Å². The molecule has 6 rings (SSSR count). The number of rotatable bonds is 7. The Hall–Kier alpha value is -4.66. The molecule has 0 saturated heterocycles. The number of hydrogen-bond donors (Lipinski definition) is 2. The van der Waals surface area contributed by atoms with Crippen LogP contribution in [0.15, 0.2) is 65.7 Å². The number of anilines is 2. The third kappa shape index (κ3) is 4.23. The van der Waals surface area contributed by atoms with Gasteiger partial charge in [-0.25, -0.2) is 0 Å². The number of hydrogen-bond acceptors (Lipinski definition) is 7. The van der Waals surface area contributed by atoms with Gasteiger partial charge in [0.2, 0.25) is 11.6 Å². The number of nitrogens with two attached hydrogens (primary N) is 1. The Morgan fingerprint density at radius 3 is 2.61 bits per heavy atom. The molecule has 9 nitrogen and oxygen atoms in total. The van der Waals surface area contributed by atoms with Gasteiger partial charge in [-0.2, -0.15) is 0 Å². The lowest BCUT2D eigenvalue weighted by Gasteiger charge is -2.45. The van der Waals surface area contributed by atoms with E-state index in [2.05, 4.69) is 42.3 Å². The maximum absolute atomic E-state index is 12.3. The quantitative estimate of drug-likeness (QED) is 0.339. The number of likely N-dealkylation sites (N-methyl/N-ethyl adjacent to an activating group) is 1. The molecule has 0 bridgehead atoms. The van der Waals surface area contributed by atoms with Gasteiger partial charge in [-0.15, -0.1) is 0 Å². The van der Waals surface area contributed by atoms with E-state index in [1.807, 2.05) is 43.6 Å². The zero-order valence-electron chi connectivity index (χ0n) is 23.4. The molecule has 3 aromatic rings. The molecule has 0 saturated carbocycles. The highest BCUT2D eigenvalue weighted by molar-refractivity contribution is 6.12. The van der Waals surface area contributed by atoms with Crippen molar-refractivity contribution >= 4 is 51.8 Å². The molecule has 9 heteroatoms. The number of benzene rings is 3. The molecule has 41 heavy (non-hydrogen) atoms. The Bertz CT molecular complexity index is 1640. The van der Waals surface area contributed by atoms with Crippen molar-refractivity contribution in [3.8, 4) is 5.75 Å². The first kappa shape index (κ1) is 26.6. The minimum Gasteiger partial charge on any atom is -0.459 e. The van der Waals surface area contributed by atoms with Gasteiger partial charge in [0.15, 0.2) is 0 Å². The highest BCUT2D eigenvalue weighted by atomic mass is 16.5. The van der Waals surface area contributed by atoms with Crippen molar-refractivity contribution in [3.63, 3.8) is 0 Å². The van der Waals surface area contributed by atoms with Crippen molar-refractivity contribution in [3.05, 3.63) is 71.8 Å². The summed E-state index contributed by atoms with van der Waals surface area (Å²) in [5, 5.41) is 4.72. The minimum atomic E-state index is -0.803. The van der Waals surface area contributed by atoms with Gasteiger partial charge in [0.25, 0.3) is 11.8 Å². The zero-order valence-corrected chi connectivity index (χ0v) is 23.4. The van der Waals surface area contributed by atoms with Crippen molar-refractivity contribution in [2.45, 2.75) is 44.2 Å². The van der Waals surface area contributed by atoms with Gasteiger partial charge in [-0.3, -0.25) is 24.3 Å². The third-order valence-electron chi connectivity index (χ3n) is 8.58. The molecule has 3 amide bonds. The number of carbonyl (C=O) groups excluding carboxylic acids is 3. The van der Waals surface area contributed by atoms with Crippen LogP contribution < -0.4 is 20.7 Å². The molecule has 3 heterocycles.